The highest BCUT2D eigenvalue weighted by Crippen LogP contribution is 2.12. The Hall–Kier alpha value is -2.62. The van der Waals surface area contributed by atoms with Crippen molar-refractivity contribution >= 4 is 17.5 Å². The van der Waals surface area contributed by atoms with Gasteiger partial charge < -0.3 is 10.2 Å². The molecule has 0 fully saturated rings. The molecule has 2 amide bonds. The lowest BCUT2D eigenvalue weighted by atomic mass is 10.2. The first kappa shape index (κ1) is 14.8. The van der Waals surface area contributed by atoms with E-state index in [-0.39, 0.29) is 11.8 Å². The molecule has 0 aliphatic rings. The van der Waals surface area contributed by atoms with Crippen LogP contribution in [-0.4, -0.2) is 24.9 Å². The molecule has 21 heavy (non-hydrogen) atoms. The van der Waals surface area contributed by atoms with Crippen molar-refractivity contribution in [3.05, 3.63) is 66.2 Å². The van der Waals surface area contributed by atoms with Crippen molar-refractivity contribution in [3.8, 4) is 0 Å². The molecule has 0 heterocycles. The molecule has 0 unspecified atom stereocenters. The standard InChI is InChI=1S/C17H18N2O2/c1-14(20)19(16-10-6-3-7-11-16)13-12-18-17(21)15-8-4-2-5-9-15/h2-11H,12-13H2,1H3,(H,18,21). The summed E-state index contributed by atoms with van der Waals surface area (Å²) < 4.78 is 0. The summed E-state index contributed by atoms with van der Waals surface area (Å²) >= 11 is 0. The van der Waals surface area contributed by atoms with Crippen LogP contribution in [0.4, 0.5) is 5.69 Å². The average molecular weight is 282 g/mol. The molecule has 0 aliphatic heterocycles. The lowest BCUT2D eigenvalue weighted by Gasteiger charge is -2.21. The highest BCUT2D eigenvalue weighted by atomic mass is 16.2. The Morgan fingerprint density at radius 3 is 2.10 bits per heavy atom. The van der Waals surface area contributed by atoms with Gasteiger partial charge in [0.15, 0.2) is 0 Å². The number of anilines is 1. The number of hydrogen-bond acceptors (Lipinski definition) is 2. The maximum absolute atomic E-state index is 11.9. The topological polar surface area (TPSA) is 49.4 Å². The van der Waals surface area contributed by atoms with Crippen molar-refractivity contribution in [1.82, 2.24) is 5.32 Å². The third-order valence-corrected chi connectivity index (χ3v) is 3.10. The predicted molar refractivity (Wildman–Crippen MR) is 83.2 cm³/mol. The Morgan fingerprint density at radius 1 is 0.952 bits per heavy atom. The fourth-order valence-electron chi connectivity index (χ4n) is 2.05. The quantitative estimate of drug-likeness (QED) is 0.916. The van der Waals surface area contributed by atoms with Gasteiger partial charge >= 0.3 is 0 Å². The van der Waals surface area contributed by atoms with Gasteiger partial charge in [-0.15, -0.1) is 0 Å². The fourth-order valence-corrected chi connectivity index (χ4v) is 2.05. The Bertz CT molecular complexity index is 597. The Kier molecular flexibility index (Phi) is 5.10. The van der Waals surface area contributed by atoms with E-state index in [2.05, 4.69) is 5.32 Å². The van der Waals surface area contributed by atoms with Crippen molar-refractivity contribution < 1.29 is 9.59 Å². The van der Waals surface area contributed by atoms with Gasteiger partial charge in [-0.1, -0.05) is 36.4 Å². The van der Waals surface area contributed by atoms with Gasteiger partial charge in [-0.25, -0.2) is 0 Å². The molecule has 4 heteroatoms. The number of para-hydroxylation sites is 1. The van der Waals surface area contributed by atoms with Crippen LogP contribution in [0.1, 0.15) is 17.3 Å². The second-order valence-corrected chi connectivity index (χ2v) is 4.63. The van der Waals surface area contributed by atoms with Gasteiger partial charge in [-0.05, 0) is 24.3 Å². The number of amides is 2. The zero-order chi connectivity index (χ0) is 15.1. The van der Waals surface area contributed by atoms with Gasteiger partial charge in [0.1, 0.15) is 0 Å². The first-order valence-corrected chi connectivity index (χ1v) is 6.85. The Balaban J connectivity index is 1.92. The minimum Gasteiger partial charge on any atom is -0.350 e. The minimum absolute atomic E-state index is 0.0461. The van der Waals surface area contributed by atoms with Crippen LogP contribution in [0.2, 0.25) is 0 Å². The smallest absolute Gasteiger partial charge is 0.251 e. The molecular formula is C17H18N2O2. The molecular weight excluding hydrogens is 264 g/mol. The van der Waals surface area contributed by atoms with Crippen LogP contribution in [0.3, 0.4) is 0 Å². The molecule has 0 saturated heterocycles. The second-order valence-electron chi connectivity index (χ2n) is 4.63. The SMILES string of the molecule is CC(=O)N(CCNC(=O)c1ccccc1)c1ccccc1. The molecule has 0 bridgehead atoms. The van der Waals surface area contributed by atoms with Crippen molar-refractivity contribution in [2.75, 3.05) is 18.0 Å². The van der Waals surface area contributed by atoms with Crippen LogP contribution in [0.15, 0.2) is 60.7 Å². The zero-order valence-corrected chi connectivity index (χ0v) is 12.0. The van der Waals surface area contributed by atoms with Crippen molar-refractivity contribution in [3.63, 3.8) is 0 Å². The summed E-state index contributed by atoms with van der Waals surface area (Å²) in [6, 6.07) is 18.4. The third-order valence-electron chi connectivity index (χ3n) is 3.10. The lowest BCUT2D eigenvalue weighted by molar-refractivity contribution is -0.116. The van der Waals surface area contributed by atoms with Crippen LogP contribution in [0, 0.1) is 0 Å². The molecule has 0 aromatic heterocycles. The maximum Gasteiger partial charge on any atom is 0.251 e. The van der Waals surface area contributed by atoms with Crippen LogP contribution >= 0.6 is 0 Å². The van der Waals surface area contributed by atoms with E-state index in [1.165, 1.54) is 6.92 Å². The first-order chi connectivity index (χ1) is 10.2. The largest absolute Gasteiger partial charge is 0.350 e. The summed E-state index contributed by atoms with van der Waals surface area (Å²) in [4.78, 5) is 25.3. The van der Waals surface area contributed by atoms with Gasteiger partial charge in [0.25, 0.3) is 5.91 Å². The zero-order valence-electron chi connectivity index (χ0n) is 12.0. The molecule has 2 aromatic carbocycles. The van der Waals surface area contributed by atoms with E-state index in [0.717, 1.165) is 5.69 Å². The van der Waals surface area contributed by atoms with Crippen molar-refractivity contribution in [1.29, 1.82) is 0 Å². The monoisotopic (exact) mass is 282 g/mol. The molecule has 4 nitrogen and oxygen atoms in total. The van der Waals surface area contributed by atoms with E-state index in [0.29, 0.717) is 18.7 Å². The van der Waals surface area contributed by atoms with E-state index in [1.54, 1.807) is 17.0 Å². The van der Waals surface area contributed by atoms with E-state index < -0.39 is 0 Å². The van der Waals surface area contributed by atoms with Gasteiger partial charge in [0.2, 0.25) is 5.91 Å². The molecule has 0 spiro atoms. The molecule has 0 radical (unpaired) electrons. The number of carbonyl (C=O) groups is 2. The van der Waals surface area contributed by atoms with Crippen LogP contribution in [0.5, 0.6) is 0 Å². The van der Waals surface area contributed by atoms with Crippen LogP contribution < -0.4 is 10.2 Å². The number of rotatable bonds is 5. The van der Waals surface area contributed by atoms with E-state index in [9.17, 15) is 9.59 Å². The molecule has 0 saturated carbocycles. The number of hydrogen-bond donors (Lipinski definition) is 1. The summed E-state index contributed by atoms with van der Waals surface area (Å²) in [6.45, 7) is 2.37. The van der Waals surface area contributed by atoms with Crippen molar-refractivity contribution in [2.24, 2.45) is 0 Å². The van der Waals surface area contributed by atoms with E-state index in [1.807, 2.05) is 48.5 Å². The summed E-state index contributed by atoms with van der Waals surface area (Å²) in [7, 11) is 0. The summed E-state index contributed by atoms with van der Waals surface area (Å²) in [6.07, 6.45) is 0. The van der Waals surface area contributed by atoms with Crippen LogP contribution in [0.25, 0.3) is 0 Å². The van der Waals surface area contributed by atoms with E-state index in [4.69, 9.17) is 0 Å². The summed E-state index contributed by atoms with van der Waals surface area (Å²) in [5, 5.41) is 2.82. The van der Waals surface area contributed by atoms with Crippen LogP contribution in [-0.2, 0) is 4.79 Å². The predicted octanol–water partition coefficient (Wildman–Crippen LogP) is 2.47. The lowest BCUT2D eigenvalue weighted by Crippen LogP contribution is -2.37. The van der Waals surface area contributed by atoms with Gasteiger partial charge in [0.05, 0.1) is 0 Å². The number of carbonyl (C=O) groups excluding carboxylic acids is 2. The van der Waals surface area contributed by atoms with E-state index >= 15 is 0 Å². The number of nitrogens with zero attached hydrogens (tertiary/aromatic N) is 1. The number of benzene rings is 2. The first-order valence-electron chi connectivity index (χ1n) is 6.85. The summed E-state index contributed by atoms with van der Waals surface area (Å²) in [5.41, 5.74) is 1.45. The van der Waals surface area contributed by atoms with Crippen molar-refractivity contribution in [2.45, 2.75) is 6.92 Å². The van der Waals surface area contributed by atoms with Gasteiger partial charge in [-0.2, -0.15) is 0 Å². The highest BCUT2D eigenvalue weighted by molar-refractivity contribution is 5.94. The maximum atomic E-state index is 11.9. The molecule has 0 atom stereocenters. The van der Waals surface area contributed by atoms with Gasteiger partial charge in [0, 0.05) is 31.3 Å². The normalized spacial score (nSPS) is 9.95. The Morgan fingerprint density at radius 2 is 1.52 bits per heavy atom. The highest BCUT2D eigenvalue weighted by Gasteiger charge is 2.11. The second kappa shape index (κ2) is 7.24. The molecule has 0 aliphatic carbocycles. The molecule has 1 N–H and O–H groups in total. The Labute approximate surface area is 124 Å². The molecule has 108 valence electrons. The average Bonchev–Trinajstić information content (AvgIpc) is 2.52. The third kappa shape index (κ3) is 4.18. The minimum atomic E-state index is -0.132. The molecule has 2 rings (SSSR count). The van der Waals surface area contributed by atoms with Gasteiger partial charge in [-0.3, -0.25) is 9.59 Å². The summed E-state index contributed by atoms with van der Waals surface area (Å²) in [5.74, 6) is -0.178. The molecule has 2 aromatic rings. The number of nitrogens with one attached hydrogen (secondary N) is 1. The fraction of sp³-hybridized carbons (Fsp3) is 0.176.